The number of allylic oxidation sites excluding steroid dienone is 1. The summed E-state index contributed by atoms with van der Waals surface area (Å²) in [4.78, 5) is 21.8. The number of thiocarbonyl (C=S) groups is 1. The summed E-state index contributed by atoms with van der Waals surface area (Å²) in [6.07, 6.45) is 14.3. The molecule has 1 spiro atoms. The van der Waals surface area contributed by atoms with Crippen LogP contribution in [0.25, 0.3) is 0 Å². The Bertz CT molecular complexity index is 865. The van der Waals surface area contributed by atoms with Crippen LogP contribution in [0.4, 0.5) is 0 Å². The molecule has 1 aromatic heterocycles. The summed E-state index contributed by atoms with van der Waals surface area (Å²) in [5.41, 5.74) is 1.04. The van der Waals surface area contributed by atoms with Crippen LogP contribution in [0.3, 0.4) is 0 Å². The zero-order valence-electron chi connectivity index (χ0n) is 17.5. The third-order valence-electron chi connectivity index (χ3n) is 7.62. The van der Waals surface area contributed by atoms with Gasteiger partial charge in [0.25, 0.3) is 5.91 Å². The fourth-order valence-electron chi connectivity index (χ4n) is 5.78. The van der Waals surface area contributed by atoms with E-state index in [2.05, 4.69) is 27.4 Å². The van der Waals surface area contributed by atoms with Crippen molar-refractivity contribution in [3.05, 3.63) is 36.0 Å². The molecular weight excluding hydrogens is 412 g/mol. The van der Waals surface area contributed by atoms with E-state index in [1.54, 1.807) is 6.20 Å². The first-order chi connectivity index (χ1) is 14.6. The first-order valence-electron chi connectivity index (χ1n) is 11.1. The van der Waals surface area contributed by atoms with Gasteiger partial charge in [-0.3, -0.25) is 4.79 Å². The summed E-state index contributed by atoms with van der Waals surface area (Å²) < 4.78 is 0. The van der Waals surface area contributed by atoms with Gasteiger partial charge < -0.3 is 15.1 Å². The minimum Gasteiger partial charge on any atom is -0.359 e. The second kappa shape index (κ2) is 8.15. The van der Waals surface area contributed by atoms with Crippen LogP contribution in [0.1, 0.15) is 42.5 Å². The van der Waals surface area contributed by atoms with E-state index in [1.165, 1.54) is 31.0 Å². The van der Waals surface area contributed by atoms with Crippen molar-refractivity contribution in [1.29, 1.82) is 0 Å². The van der Waals surface area contributed by atoms with Crippen LogP contribution >= 0.6 is 24.0 Å². The zero-order valence-corrected chi connectivity index (χ0v) is 19.2. The molecule has 2 aliphatic heterocycles. The molecule has 0 aromatic carbocycles. The number of hydrogen-bond donors (Lipinski definition) is 1. The van der Waals surface area contributed by atoms with Gasteiger partial charge in [-0.05, 0) is 80.0 Å². The fraction of sp³-hybridized carbons (Fsp3) is 0.609. The van der Waals surface area contributed by atoms with E-state index in [-0.39, 0.29) is 5.91 Å². The van der Waals surface area contributed by atoms with Crippen molar-refractivity contribution in [3.63, 3.8) is 0 Å². The first-order valence-corrected chi connectivity index (χ1v) is 12.7. The van der Waals surface area contributed by atoms with Gasteiger partial charge in [0.2, 0.25) is 0 Å². The quantitative estimate of drug-likeness (QED) is 0.439. The van der Waals surface area contributed by atoms with Gasteiger partial charge in [0.1, 0.15) is 5.03 Å². The maximum atomic E-state index is 13.0. The highest BCUT2D eigenvalue weighted by atomic mass is 32.2. The lowest BCUT2D eigenvalue weighted by Crippen LogP contribution is -2.48. The van der Waals surface area contributed by atoms with Crippen LogP contribution in [0, 0.1) is 17.3 Å². The molecule has 5 rings (SSSR count). The third kappa shape index (κ3) is 3.75. The number of thioether (sulfide) groups is 1. The van der Waals surface area contributed by atoms with E-state index >= 15 is 0 Å². The molecule has 1 amide bonds. The number of carbonyl (C=O) groups is 1. The topological polar surface area (TPSA) is 48.5 Å². The maximum Gasteiger partial charge on any atom is 0.256 e. The largest absolute Gasteiger partial charge is 0.359 e. The van der Waals surface area contributed by atoms with Gasteiger partial charge in [-0.2, -0.15) is 0 Å². The molecule has 2 bridgehead atoms. The van der Waals surface area contributed by atoms with E-state index in [0.717, 1.165) is 60.6 Å². The Morgan fingerprint density at radius 1 is 1.20 bits per heavy atom. The number of carbonyl (C=O) groups excluding carboxylic acids is 1. The van der Waals surface area contributed by atoms with Crippen molar-refractivity contribution in [2.24, 2.45) is 17.3 Å². The lowest BCUT2D eigenvalue weighted by atomic mass is 9.77. The SMILES string of the molecule is CSc1ncccc1C(=O)N1CCC2(CC1)CCN(C(=S)NC1CC3C=CC1C3)C2. The second-order valence-corrected chi connectivity index (χ2v) is 10.5. The molecular formula is C23H30N4OS2. The van der Waals surface area contributed by atoms with Crippen molar-refractivity contribution in [2.45, 2.75) is 43.2 Å². The Balaban J connectivity index is 1.16. The Morgan fingerprint density at radius 2 is 1.97 bits per heavy atom. The minimum absolute atomic E-state index is 0.124. The van der Waals surface area contributed by atoms with Crippen LogP contribution in [0.5, 0.6) is 0 Å². The van der Waals surface area contributed by atoms with Gasteiger partial charge in [0, 0.05) is 38.4 Å². The number of nitrogens with zero attached hydrogens (tertiary/aromatic N) is 3. The summed E-state index contributed by atoms with van der Waals surface area (Å²) in [6.45, 7) is 3.72. The molecule has 5 nitrogen and oxygen atoms in total. The van der Waals surface area contributed by atoms with E-state index < -0.39 is 0 Å². The van der Waals surface area contributed by atoms with Gasteiger partial charge in [-0.25, -0.2) is 4.98 Å². The summed E-state index contributed by atoms with van der Waals surface area (Å²) in [7, 11) is 0. The molecule has 30 heavy (non-hydrogen) atoms. The fourth-order valence-corrected chi connectivity index (χ4v) is 6.63. The molecule has 1 N–H and O–H groups in total. The molecule has 0 radical (unpaired) electrons. The molecule has 3 atom stereocenters. The Hall–Kier alpha value is -1.60. The van der Waals surface area contributed by atoms with Crippen LogP contribution in [0.2, 0.25) is 0 Å². The number of nitrogens with one attached hydrogen (secondary N) is 1. The highest BCUT2D eigenvalue weighted by Gasteiger charge is 2.43. The van der Waals surface area contributed by atoms with Crippen molar-refractivity contribution in [3.8, 4) is 0 Å². The van der Waals surface area contributed by atoms with Gasteiger partial charge in [0.15, 0.2) is 5.11 Å². The summed E-state index contributed by atoms with van der Waals surface area (Å²) in [6, 6.07) is 4.28. The molecule has 3 unspecified atom stereocenters. The van der Waals surface area contributed by atoms with Gasteiger partial charge in [-0.1, -0.05) is 12.2 Å². The van der Waals surface area contributed by atoms with E-state index in [9.17, 15) is 4.79 Å². The predicted octanol–water partition coefficient (Wildman–Crippen LogP) is 3.57. The predicted molar refractivity (Wildman–Crippen MR) is 125 cm³/mol. The highest BCUT2D eigenvalue weighted by Crippen LogP contribution is 2.42. The lowest BCUT2D eigenvalue weighted by Gasteiger charge is -2.39. The number of pyridine rings is 1. The van der Waals surface area contributed by atoms with Crippen molar-refractivity contribution in [1.82, 2.24) is 20.1 Å². The maximum absolute atomic E-state index is 13.0. The minimum atomic E-state index is 0.124. The smallest absolute Gasteiger partial charge is 0.256 e. The monoisotopic (exact) mass is 442 g/mol. The van der Waals surface area contributed by atoms with E-state index in [0.29, 0.717) is 17.4 Å². The normalized spacial score (nSPS) is 29.0. The number of piperidine rings is 1. The number of fused-ring (bicyclic) bond motifs is 2. The molecule has 3 heterocycles. The lowest BCUT2D eigenvalue weighted by molar-refractivity contribution is 0.0594. The molecule has 4 aliphatic rings. The number of likely N-dealkylation sites (tertiary alicyclic amines) is 2. The average molecular weight is 443 g/mol. The van der Waals surface area contributed by atoms with Crippen molar-refractivity contribution < 1.29 is 4.79 Å². The summed E-state index contributed by atoms with van der Waals surface area (Å²) >= 11 is 7.33. The third-order valence-corrected chi connectivity index (χ3v) is 8.71. The molecule has 1 saturated carbocycles. The van der Waals surface area contributed by atoms with Gasteiger partial charge in [-0.15, -0.1) is 11.8 Å². The van der Waals surface area contributed by atoms with Crippen molar-refractivity contribution >= 4 is 35.0 Å². The van der Waals surface area contributed by atoms with Crippen LogP contribution in [-0.4, -0.2) is 64.3 Å². The Morgan fingerprint density at radius 3 is 2.63 bits per heavy atom. The van der Waals surface area contributed by atoms with Gasteiger partial charge in [0.05, 0.1) is 5.56 Å². The summed E-state index contributed by atoms with van der Waals surface area (Å²) in [5, 5.41) is 5.43. The number of aromatic nitrogens is 1. The van der Waals surface area contributed by atoms with Crippen LogP contribution in [-0.2, 0) is 0 Å². The number of rotatable bonds is 3. The number of amides is 1. The van der Waals surface area contributed by atoms with E-state index in [1.807, 2.05) is 23.3 Å². The molecule has 2 saturated heterocycles. The number of hydrogen-bond acceptors (Lipinski definition) is 4. The molecule has 3 fully saturated rings. The Labute approximate surface area is 188 Å². The van der Waals surface area contributed by atoms with Crippen molar-refractivity contribution in [2.75, 3.05) is 32.4 Å². The molecule has 7 heteroatoms. The zero-order chi connectivity index (χ0) is 20.7. The molecule has 160 valence electrons. The highest BCUT2D eigenvalue weighted by molar-refractivity contribution is 7.98. The second-order valence-electron chi connectivity index (χ2n) is 9.36. The average Bonchev–Trinajstić information content (AvgIpc) is 3.50. The molecule has 1 aromatic rings. The standard InChI is InChI=1S/C23H30N4OS2/c1-30-20-18(3-2-9-24-20)21(28)26-10-6-23(7-11-26)8-12-27(15-23)22(29)25-19-14-16-4-5-17(19)13-16/h2-5,9,16-17,19H,6-8,10-15H2,1H3,(H,25,29). The Kier molecular flexibility index (Phi) is 5.52. The molecule has 2 aliphatic carbocycles. The van der Waals surface area contributed by atoms with Crippen LogP contribution < -0.4 is 5.32 Å². The van der Waals surface area contributed by atoms with Gasteiger partial charge >= 0.3 is 0 Å². The van der Waals surface area contributed by atoms with Crippen LogP contribution in [0.15, 0.2) is 35.5 Å². The first kappa shape index (κ1) is 20.3. The summed E-state index contributed by atoms with van der Waals surface area (Å²) in [5.74, 6) is 1.55. The van der Waals surface area contributed by atoms with E-state index in [4.69, 9.17) is 12.2 Å².